The number of para-hydroxylation sites is 1. The highest BCUT2D eigenvalue weighted by molar-refractivity contribution is 8.11. The highest BCUT2D eigenvalue weighted by atomic mass is 32.3. The molecule has 6 aliphatic rings. The molecule has 3 aromatic heterocycles. The summed E-state index contributed by atoms with van der Waals surface area (Å²) in [6.07, 6.45) is 7.63. The molecule has 6 aromatic carbocycles. The fourth-order valence-electron chi connectivity index (χ4n) is 15.7. The second kappa shape index (κ2) is 45.6. The van der Waals surface area contributed by atoms with E-state index in [-0.39, 0.29) is 36.3 Å². The molecule has 1 N–H and O–H groups in total. The van der Waals surface area contributed by atoms with E-state index >= 15 is 0 Å². The molecule has 0 amide bonds. The van der Waals surface area contributed by atoms with Crippen molar-refractivity contribution >= 4 is 152 Å². The normalized spacial score (nSPS) is 15.8. The standard InChI is InChI=1S/C23H28O3S.C21H24O3S.C20H33BO5S.2C10H7F3O3S.C9H8O.C8H5F6NO4S2/c1-7-25-22(24)21(26-23(4,5)6)20-15(3)27-14(2)19(20)18-12-16-10-8-9-11-17(16)13-18;1-12-17(16-10-14-8-6-7-9-15(14)11-16)18(13(2)25-12)19(20(22)23)24-21(3,4)5;1-11-23-17(22)16(24-18(4,5)6)14-12(2)27-13(3)15(14)21-25-19(7,8)20(9,10)26-21;2*11-10(12,13)17(14,15)16-9-5-7-3-1-2-4-8(7)6-9;10-9-5-7-3-1-2-4-8(7)6-9;9-7(10,11)20(16,17)15(6-4-2-1-3-5-6)21(18,19)8(12,13)14/h8-12,21H,7,13H2,1-6H3;6-10,19H,11H2,1-5H3,(H,22,23);16H,11H2,1-10H3;2*1-5H,6H2;1-4H,5-6H2;1-5H. The lowest BCUT2D eigenvalue weighted by atomic mass is 9.74. The topological polar surface area (TPSA) is 311 Å². The fraction of sp³-hybridized carbons (Fsp3) is 0.406. The second-order valence-electron chi connectivity index (χ2n) is 37.4. The number of benzene rings is 6. The number of aryl methyl sites for hydroxylation is 6. The first-order valence-corrected chi connectivity index (χ1v) is 52.9. The molecule has 15 rings (SSSR count). The monoisotopic (exact) mass is 2150 g/mol. The number of esters is 2. The van der Waals surface area contributed by atoms with Crippen molar-refractivity contribution in [3.8, 4) is 0 Å². The van der Waals surface area contributed by atoms with Crippen molar-refractivity contribution in [1.82, 2.24) is 0 Å². The number of thiophene rings is 3. The van der Waals surface area contributed by atoms with E-state index in [1.807, 2.05) is 154 Å². The summed E-state index contributed by atoms with van der Waals surface area (Å²) in [4.78, 5) is 55.0. The van der Waals surface area contributed by atoms with Crippen LogP contribution in [0.1, 0.15) is 235 Å². The van der Waals surface area contributed by atoms with E-state index in [4.69, 9.17) is 33.0 Å². The van der Waals surface area contributed by atoms with Crippen molar-refractivity contribution in [3.05, 3.63) is 276 Å². The van der Waals surface area contributed by atoms with Crippen LogP contribution in [0.2, 0.25) is 0 Å². The summed E-state index contributed by atoms with van der Waals surface area (Å²) in [6.45, 7) is 42.0. The van der Waals surface area contributed by atoms with E-state index in [2.05, 4.69) is 77.7 Å². The van der Waals surface area contributed by atoms with Crippen LogP contribution < -0.4 is 9.17 Å². The smallest absolute Gasteiger partial charge is 0.479 e. The number of aliphatic carboxylic acids is 1. The Morgan fingerprint density at radius 1 is 0.396 bits per heavy atom. The van der Waals surface area contributed by atoms with Crippen LogP contribution in [0.15, 0.2) is 163 Å². The lowest BCUT2D eigenvalue weighted by Crippen LogP contribution is -2.49. The van der Waals surface area contributed by atoms with Gasteiger partial charge in [0, 0.05) is 77.1 Å². The second-order valence-corrected chi connectivity index (χ2v) is 48.6. The summed E-state index contributed by atoms with van der Waals surface area (Å²) in [5.74, 6) is -1.72. The lowest BCUT2D eigenvalue weighted by molar-refractivity contribution is -0.167. The van der Waals surface area contributed by atoms with Crippen molar-refractivity contribution in [2.45, 2.75) is 252 Å². The van der Waals surface area contributed by atoms with Gasteiger partial charge < -0.3 is 46.5 Å². The molecular weight excluding hydrogens is 2040 g/mol. The number of carbonyl (C=O) groups excluding carboxylic acids is 3. The van der Waals surface area contributed by atoms with Gasteiger partial charge in [-0.15, -0.1) is 37.7 Å². The Morgan fingerprint density at radius 3 is 1.00 bits per heavy atom. The minimum absolute atomic E-state index is 0.0471. The van der Waals surface area contributed by atoms with E-state index < -0.39 is 131 Å². The van der Waals surface area contributed by atoms with Crippen LogP contribution in [0, 0.1) is 41.5 Å². The number of anilines is 1. The minimum atomic E-state index is -6.81. The van der Waals surface area contributed by atoms with E-state index in [0.717, 1.165) is 99.8 Å². The molecular formula is C101H112BF12NO22S7. The van der Waals surface area contributed by atoms with E-state index in [1.54, 1.807) is 89.5 Å². The number of hydrogen-bond donors (Lipinski definition) is 1. The molecule has 0 radical (unpaired) electrons. The summed E-state index contributed by atoms with van der Waals surface area (Å²) in [5, 5.41) is 9.82. The van der Waals surface area contributed by atoms with Crippen molar-refractivity contribution in [2.75, 3.05) is 16.9 Å². The molecule has 0 bridgehead atoms. The Balaban J connectivity index is 0.000000190. The summed E-state index contributed by atoms with van der Waals surface area (Å²) < 4.78 is 283. The van der Waals surface area contributed by atoms with Crippen LogP contribution in [0.4, 0.5) is 58.4 Å². The number of halogens is 12. The number of carboxylic acids is 1. The van der Waals surface area contributed by atoms with Gasteiger partial charge in [-0.25, -0.2) is 14.4 Å². The molecule has 4 heterocycles. The van der Waals surface area contributed by atoms with E-state index in [9.17, 15) is 111 Å². The lowest BCUT2D eigenvalue weighted by Gasteiger charge is -2.32. The quantitative estimate of drug-likeness (QED) is 0.0230. The number of allylic oxidation sites excluding steroid dienone is 4. The zero-order valence-corrected chi connectivity index (χ0v) is 88.3. The molecule has 23 nitrogen and oxygen atoms in total. The van der Waals surface area contributed by atoms with Crippen molar-refractivity contribution in [1.29, 1.82) is 0 Å². The average Bonchev–Trinajstić information content (AvgIpc) is 1.61. The van der Waals surface area contributed by atoms with Gasteiger partial charge in [-0.05, 0) is 260 Å². The number of sulfonamides is 2. The molecule has 3 unspecified atom stereocenters. The van der Waals surface area contributed by atoms with Crippen LogP contribution in [0.25, 0.3) is 35.5 Å². The minimum Gasteiger partial charge on any atom is -0.479 e. The Bertz CT molecular complexity index is 6640. The SMILES string of the molecule is CCOC(=O)C(OC(C)(C)C)c1c(C)sc(C)c1B1OC(C)(C)C(C)(C)O1.CCOC(=O)C(OC(C)(C)C)c1c(C)sc(C)c1C1=Cc2ccccc2C1.Cc1sc(C)c(C(OC(C)(C)C)C(=O)O)c1C1=Cc2ccccc2C1.O=C1Cc2ccccc2C1.O=S(=O)(N(c1ccccc1)S(=O)(=O)C(F)(F)F)C(F)(F)F.O=S(=O)(OC1=Cc2ccccc2C1)C(F)(F)F.O=S(=O)(OC1=Cc2ccccc2C1)C(F)(F)F. The van der Waals surface area contributed by atoms with Crippen LogP contribution in [0.3, 0.4) is 0 Å². The maximum absolute atomic E-state index is 12.8. The largest absolute Gasteiger partial charge is 0.534 e. The number of hydrogen-bond acceptors (Lipinski definition) is 24. The van der Waals surface area contributed by atoms with Gasteiger partial charge in [0.05, 0.1) is 46.9 Å². The summed E-state index contributed by atoms with van der Waals surface area (Å²) in [6, 6.07) is 42.2. The van der Waals surface area contributed by atoms with Crippen LogP contribution in [-0.4, -0.2) is 133 Å². The number of Topliss-reactive ketones (excluding diaryl/α,β-unsaturated/α-hetero) is 1. The molecule has 3 atom stereocenters. The molecule has 9 aromatic rings. The van der Waals surface area contributed by atoms with E-state index in [0.29, 0.717) is 55.1 Å². The molecule has 1 fully saturated rings. The van der Waals surface area contributed by atoms with Gasteiger partial charge in [0.1, 0.15) is 17.3 Å². The Kier molecular flexibility index (Phi) is 37.1. The van der Waals surface area contributed by atoms with Gasteiger partial charge >= 0.3 is 87.3 Å². The third-order valence-electron chi connectivity index (χ3n) is 22.4. The van der Waals surface area contributed by atoms with Crippen LogP contribution in [0.5, 0.6) is 0 Å². The number of ether oxygens (including phenoxy) is 5. The highest BCUT2D eigenvalue weighted by Gasteiger charge is 2.62. The highest BCUT2D eigenvalue weighted by Crippen LogP contribution is 2.49. The summed E-state index contributed by atoms with van der Waals surface area (Å²) >= 11 is 5.00. The van der Waals surface area contributed by atoms with Gasteiger partial charge in [0.25, 0.3) is 0 Å². The number of rotatable bonds is 21. The maximum Gasteiger partial charge on any atom is 0.534 e. The molecule has 5 aliphatic carbocycles. The molecule has 1 saturated heterocycles. The van der Waals surface area contributed by atoms with Crippen molar-refractivity contribution in [2.24, 2.45) is 0 Å². The number of carboxylic acid groups (broad SMARTS) is 1. The Morgan fingerprint density at radius 2 is 0.688 bits per heavy atom. The molecule has 43 heteroatoms. The van der Waals surface area contributed by atoms with Gasteiger partial charge in [-0.3, -0.25) is 4.79 Å². The summed E-state index contributed by atoms with van der Waals surface area (Å²) in [5.41, 5.74) is -8.57. The first kappa shape index (κ1) is 117. The van der Waals surface area contributed by atoms with Gasteiger partial charge in [0.2, 0.25) is 0 Å². The van der Waals surface area contributed by atoms with Gasteiger partial charge in [0.15, 0.2) is 18.3 Å². The molecule has 144 heavy (non-hydrogen) atoms. The van der Waals surface area contributed by atoms with E-state index in [1.165, 1.54) is 61.6 Å². The zero-order valence-electron chi connectivity index (χ0n) is 82.6. The van der Waals surface area contributed by atoms with Crippen molar-refractivity contribution in [3.63, 3.8) is 0 Å². The first-order valence-electron chi connectivity index (χ1n) is 44.7. The number of nitrogens with zero attached hydrogens (tertiary/aromatic N) is 1. The first-order chi connectivity index (χ1) is 66.3. The predicted octanol–water partition coefficient (Wildman–Crippen LogP) is 23.8. The van der Waals surface area contributed by atoms with Crippen molar-refractivity contribution < 1.29 is 152 Å². The number of ketones is 1. The summed E-state index contributed by atoms with van der Waals surface area (Å²) in [7, 11) is -25.3. The third kappa shape index (κ3) is 29.0. The Labute approximate surface area is 843 Å². The Hall–Kier alpha value is -10.3. The average molecular weight is 2160 g/mol. The maximum atomic E-state index is 12.8. The molecule has 782 valence electrons. The predicted molar refractivity (Wildman–Crippen MR) is 531 cm³/mol. The van der Waals surface area contributed by atoms with Crippen LogP contribution >= 0.6 is 34.0 Å². The molecule has 0 saturated carbocycles. The fourth-order valence-corrected chi connectivity index (χ4v) is 22.7. The number of carbonyl (C=O) groups is 4. The zero-order chi connectivity index (χ0) is 108. The van der Waals surface area contributed by atoms with Gasteiger partial charge in [-0.1, -0.05) is 152 Å². The third-order valence-corrected chi connectivity index (χ3v) is 31.2. The van der Waals surface area contributed by atoms with Gasteiger partial charge in [-0.2, -0.15) is 86.4 Å². The number of alkyl halides is 12. The number of fused-ring (bicyclic) bond motifs is 5. The van der Waals surface area contributed by atoms with Crippen LogP contribution in [-0.2, 0) is 139 Å². The molecule has 0 spiro atoms. The molecule has 1 aliphatic heterocycles.